The summed E-state index contributed by atoms with van der Waals surface area (Å²) in [5, 5.41) is 23.4. The summed E-state index contributed by atoms with van der Waals surface area (Å²) in [6, 6.07) is -0.539. The first kappa shape index (κ1) is 82.1. The van der Waals surface area contributed by atoms with Crippen LogP contribution in [0.4, 0.5) is 0 Å². The fourth-order valence-corrected chi connectivity index (χ4v) is 12.1. The van der Waals surface area contributed by atoms with Crippen molar-refractivity contribution in [3.63, 3.8) is 0 Å². The van der Waals surface area contributed by atoms with E-state index in [-0.39, 0.29) is 18.5 Å². The molecule has 0 spiro atoms. The van der Waals surface area contributed by atoms with Crippen molar-refractivity contribution in [3.8, 4) is 0 Å². The zero-order valence-corrected chi connectivity index (χ0v) is 56.9. The van der Waals surface area contributed by atoms with Gasteiger partial charge in [0.25, 0.3) is 0 Å². The summed E-state index contributed by atoms with van der Waals surface area (Å²) in [5.41, 5.74) is 0. The van der Waals surface area contributed by atoms with Gasteiger partial charge in [0.05, 0.1) is 25.4 Å². The van der Waals surface area contributed by atoms with Crippen molar-refractivity contribution in [3.05, 3.63) is 36.5 Å². The number of aliphatic hydroxyl groups excluding tert-OH is 2. The van der Waals surface area contributed by atoms with Crippen molar-refractivity contribution in [2.75, 3.05) is 13.2 Å². The van der Waals surface area contributed by atoms with Crippen LogP contribution < -0.4 is 5.32 Å². The Hall–Kier alpha value is -1.92. The van der Waals surface area contributed by atoms with Gasteiger partial charge in [0.1, 0.15) is 0 Å². The molecule has 6 nitrogen and oxygen atoms in total. The van der Waals surface area contributed by atoms with Crippen LogP contribution in [0.3, 0.4) is 0 Å². The number of carbonyl (C=O) groups is 2. The summed E-state index contributed by atoms with van der Waals surface area (Å²) in [6.45, 7) is 4.98. The predicted octanol–water partition coefficient (Wildman–Crippen LogP) is 25.0. The second-order valence-electron chi connectivity index (χ2n) is 26.3. The van der Waals surface area contributed by atoms with E-state index in [2.05, 4.69) is 55.6 Å². The van der Waals surface area contributed by atoms with Crippen molar-refractivity contribution in [1.29, 1.82) is 0 Å². The number of unbranched alkanes of at least 4 members (excludes halogenated alkanes) is 55. The SMILES string of the molecule is CCCCCCC/C=C\CCCCCCCC(=O)OCCCCCCCCCCCCCCC/C=C\C/C=C\CCCCCCCCCCCCCCCCCCCC(=O)NC(CO)C(O)CCCCCCCCCCCCCCCCCC. The first-order valence-electron chi connectivity index (χ1n) is 38.2. The molecule has 0 saturated carbocycles. The van der Waals surface area contributed by atoms with Gasteiger partial charge in [-0.3, -0.25) is 9.59 Å². The Morgan fingerprint density at radius 2 is 0.595 bits per heavy atom. The largest absolute Gasteiger partial charge is 0.466 e. The van der Waals surface area contributed by atoms with Crippen molar-refractivity contribution in [2.45, 2.75) is 437 Å². The third-order valence-electron chi connectivity index (χ3n) is 17.9. The molecule has 0 radical (unpaired) electrons. The number of ether oxygens (including phenoxy) is 1. The van der Waals surface area contributed by atoms with Gasteiger partial charge in [0.15, 0.2) is 0 Å². The van der Waals surface area contributed by atoms with Crippen LogP contribution in [0, 0.1) is 0 Å². The van der Waals surface area contributed by atoms with Gasteiger partial charge in [-0.25, -0.2) is 0 Å². The van der Waals surface area contributed by atoms with Gasteiger partial charge < -0.3 is 20.3 Å². The van der Waals surface area contributed by atoms with E-state index in [1.54, 1.807) is 0 Å². The third-order valence-corrected chi connectivity index (χ3v) is 17.9. The number of amides is 1. The first-order chi connectivity index (χ1) is 41.5. The van der Waals surface area contributed by atoms with Crippen molar-refractivity contribution < 1.29 is 24.5 Å². The molecule has 0 aliphatic heterocycles. The number of esters is 1. The average molecular weight is 1180 g/mol. The number of carbonyl (C=O) groups excluding carboxylic acids is 2. The van der Waals surface area contributed by atoms with Crippen molar-refractivity contribution in [1.82, 2.24) is 5.32 Å². The molecule has 0 aromatic heterocycles. The Bertz CT molecular complexity index is 1360. The summed E-state index contributed by atoms with van der Waals surface area (Å²) < 4.78 is 5.49. The molecular weight excluding hydrogens is 1030 g/mol. The van der Waals surface area contributed by atoms with E-state index in [0.29, 0.717) is 25.9 Å². The van der Waals surface area contributed by atoms with Crippen LogP contribution in [0.5, 0.6) is 0 Å². The Morgan fingerprint density at radius 3 is 0.917 bits per heavy atom. The zero-order valence-electron chi connectivity index (χ0n) is 56.9. The lowest BCUT2D eigenvalue weighted by Crippen LogP contribution is -2.45. The fourth-order valence-electron chi connectivity index (χ4n) is 12.1. The molecule has 2 atom stereocenters. The fraction of sp³-hybridized carbons (Fsp3) is 0.897. The van der Waals surface area contributed by atoms with E-state index < -0.39 is 12.1 Å². The Morgan fingerprint density at radius 1 is 0.333 bits per heavy atom. The Balaban J connectivity index is 3.36. The second kappa shape index (κ2) is 73.5. The quantitative estimate of drug-likeness (QED) is 0.0320. The molecule has 2 unspecified atom stereocenters. The topological polar surface area (TPSA) is 95.9 Å². The highest BCUT2D eigenvalue weighted by molar-refractivity contribution is 5.76. The molecule has 1 amide bonds. The average Bonchev–Trinajstić information content (AvgIpc) is 3.51. The lowest BCUT2D eigenvalue weighted by Gasteiger charge is -2.22. The minimum Gasteiger partial charge on any atom is -0.466 e. The maximum absolute atomic E-state index is 12.5. The van der Waals surface area contributed by atoms with Crippen LogP contribution in [0.1, 0.15) is 425 Å². The smallest absolute Gasteiger partial charge is 0.305 e. The molecule has 0 aliphatic carbocycles. The molecule has 0 aliphatic rings. The maximum atomic E-state index is 12.5. The standard InChI is InChI=1S/C78H149NO5/c1-3-5-7-9-11-13-15-17-19-43-46-50-54-58-62-66-70-76(81)75(74-80)79-77(82)71-67-63-59-55-51-47-44-41-39-37-35-33-31-29-27-25-23-21-20-22-24-26-28-30-32-34-36-38-40-42-45-49-53-57-61-65-69-73-84-78(83)72-68-64-60-56-52-48-18-16-14-12-10-8-6-4-2/h16,18,20,22,26,28,75-76,80-81H,3-15,17,19,21,23-25,27,29-74H2,1-2H3,(H,79,82)/b18-16-,22-20-,28-26-. The lowest BCUT2D eigenvalue weighted by atomic mass is 10.0. The van der Waals surface area contributed by atoms with Crippen LogP contribution in [0.25, 0.3) is 0 Å². The lowest BCUT2D eigenvalue weighted by molar-refractivity contribution is -0.143. The van der Waals surface area contributed by atoms with Gasteiger partial charge in [-0.2, -0.15) is 0 Å². The maximum Gasteiger partial charge on any atom is 0.305 e. The van der Waals surface area contributed by atoms with Crippen LogP contribution in [-0.4, -0.2) is 47.4 Å². The summed E-state index contributed by atoms with van der Waals surface area (Å²) in [5.74, 6) is -0.0182. The number of rotatable bonds is 72. The molecule has 0 rings (SSSR count). The molecule has 0 fully saturated rings. The number of hydrogen-bond acceptors (Lipinski definition) is 5. The minimum absolute atomic E-state index is 0.0107. The summed E-state index contributed by atoms with van der Waals surface area (Å²) in [6.07, 6.45) is 95.1. The highest BCUT2D eigenvalue weighted by Crippen LogP contribution is 2.19. The monoisotopic (exact) mass is 1180 g/mol. The highest BCUT2D eigenvalue weighted by Gasteiger charge is 2.20. The van der Waals surface area contributed by atoms with Gasteiger partial charge in [0.2, 0.25) is 5.91 Å². The molecule has 0 saturated heterocycles. The van der Waals surface area contributed by atoms with Crippen LogP contribution >= 0.6 is 0 Å². The summed E-state index contributed by atoms with van der Waals surface area (Å²) in [7, 11) is 0. The molecule has 0 bridgehead atoms. The van der Waals surface area contributed by atoms with Crippen LogP contribution in [0.15, 0.2) is 36.5 Å². The molecule has 0 heterocycles. The van der Waals surface area contributed by atoms with E-state index in [0.717, 1.165) is 51.4 Å². The summed E-state index contributed by atoms with van der Waals surface area (Å²) in [4.78, 5) is 24.6. The van der Waals surface area contributed by atoms with Gasteiger partial charge in [-0.05, 0) is 83.5 Å². The number of hydrogen-bond donors (Lipinski definition) is 3. The van der Waals surface area contributed by atoms with E-state index in [1.165, 1.54) is 340 Å². The number of nitrogens with one attached hydrogen (secondary N) is 1. The Kier molecular flexibility index (Phi) is 71.9. The molecular formula is C78H149NO5. The highest BCUT2D eigenvalue weighted by atomic mass is 16.5. The Labute approximate surface area is 525 Å². The van der Waals surface area contributed by atoms with Gasteiger partial charge in [-0.1, -0.05) is 365 Å². The van der Waals surface area contributed by atoms with Gasteiger partial charge in [-0.15, -0.1) is 0 Å². The number of aliphatic hydroxyl groups is 2. The predicted molar refractivity (Wildman–Crippen MR) is 370 cm³/mol. The normalized spacial score (nSPS) is 12.7. The molecule has 0 aromatic rings. The first-order valence-corrected chi connectivity index (χ1v) is 38.2. The van der Waals surface area contributed by atoms with Crippen LogP contribution in [-0.2, 0) is 14.3 Å². The molecule has 6 heteroatoms. The molecule has 84 heavy (non-hydrogen) atoms. The second-order valence-corrected chi connectivity index (χ2v) is 26.3. The third kappa shape index (κ3) is 69.2. The van der Waals surface area contributed by atoms with Crippen molar-refractivity contribution >= 4 is 11.9 Å². The van der Waals surface area contributed by atoms with E-state index in [9.17, 15) is 19.8 Å². The van der Waals surface area contributed by atoms with Gasteiger partial charge in [0, 0.05) is 12.8 Å². The summed E-state index contributed by atoms with van der Waals surface area (Å²) >= 11 is 0. The zero-order chi connectivity index (χ0) is 60.6. The van der Waals surface area contributed by atoms with E-state index in [4.69, 9.17) is 4.74 Å². The van der Waals surface area contributed by atoms with E-state index in [1.807, 2.05) is 0 Å². The van der Waals surface area contributed by atoms with Crippen LogP contribution in [0.2, 0.25) is 0 Å². The molecule has 3 N–H and O–H groups in total. The molecule has 496 valence electrons. The van der Waals surface area contributed by atoms with Gasteiger partial charge >= 0.3 is 5.97 Å². The molecule has 0 aromatic carbocycles. The van der Waals surface area contributed by atoms with E-state index >= 15 is 0 Å². The number of allylic oxidation sites excluding steroid dienone is 6. The minimum atomic E-state index is -0.662. The van der Waals surface area contributed by atoms with Crippen molar-refractivity contribution in [2.24, 2.45) is 0 Å².